The number of pyridine rings is 1. The Morgan fingerprint density at radius 2 is 1.70 bits per heavy atom. The molecule has 1 fully saturated rings. The molecule has 210 valence electrons. The van der Waals surface area contributed by atoms with Crippen molar-refractivity contribution in [1.29, 1.82) is 0 Å². The number of rotatable bonds is 8. The van der Waals surface area contributed by atoms with E-state index in [9.17, 15) is 4.79 Å². The van der Waals surface area contributed by atoms with Crippen molar-refractivity contribution in [3.05, 3.63) is 41.2 Å². The van der Waals surface area contributed by atoms with E-state index in [-0.39, 0.29) is 19.2 Å². The minimum Gasteiger partial charge on any atom is -0.513 e. The molecule has 0 spiro atoms. The minimum atomic E-state index is -2.37. The third-order valence-electron chi connectivity index (χ3n) is 7.03. The highest BCUT2D eigenvalue weighted by Crippen LogP contribution is 2.43. The number of amides is 2. The molecule has 0 N–H and O–H groups in total. The van der Waals surface area contributed by atoms with Gasteiger partial charge in [0, 0.05) is 55.1 Å². The Labute approximate surface area is 259 Å². The zero-order valence-corrected chi connectivity index (χ0v) is 24.9. The maximum absolute atomic E-state index is 15.9. The molecule has 2 aliphatic rings. The van der Waals surface area contributed by atoms with Crippen LogP contribution in [0.25, 0.3) is 11.0 Å². The molecule has 1 aromatic carbocycles. The molecule has 2 amide bonds. The topological polar surface area (TPSA) is 72.3 Å². The molecule has 0 aliphatic carbocycles. The zero-order chi connectivity index (χ0) is 31.4. The molecule has 12 radical (unpaired) electrons. The van der Waals surface area contributed by atoms with Crippen molar-refractivity contribution in [2.24, 2.45) is 0 Å². The molecule has 2 atom stereocenters. The smallest absolute Gasteiger partial charge is 0.329 e. The summed E-state index contributed by atoms with van der Waals surface area (Å²) in [5, 5.41) is -4.03. The summed E-state index contributed by atoms with van der Waals surface area (Å²) < 4.78 is 49.5. The predicted octanol–water partition coefficient (Wildman–Crippen LogP) is 1.13. The van der Waals surface area contributed by atoms with E-state index < -0.39 is 45.5 Å². The minimum absolute atomic E-state index is 0.115. The maximum Gasteiger partial charge on any atom is 0.329 e. The summed E-state index contributed by atoms with van der Waals surface area (Å²) in [6.07, 6.45) is 1.67. The van der Waals surface area contributed by atoms with Crippen molar-refractivity contribution >= 4 is 84.9 Å². The monoisotopic (exact) mass is 593 g/mol. The second kappa shape index (κ2) is 11.7. The first-order valence-corrected chi connectivity index (χ1v) is 13.9. The van der Waals surface area contributed by atoms with E-state index in [2.05, 4.69) is 19.3 Å². The molecule has 2 aliphatic heterocycles. The first-order valence-electron chi connectivity index (χ1n) is 13.4. The Morgan fingerprint density at radius 3 is 2.26 bits per heavy atom. The van der Waals surface area contributed by atoms with Crippen molar-refractivity contribution in [3.63, 3.8) is 0 Å². The molecule has 3 aromatic rings. The van der Waals surface area contributed by atoms with Gasteiger partial charge in [-0.05, 0) is 39.9 Å². The van der Waals surface area contributed by atoms with Gasteiger partial charge < -0.3 is 18.5 Å². The van der Waals surface area contributed by atoms with Gasteiger partial charge in [-0.1, -0.05) is 0 Å². The first kappa shape index (κ1) is 31.8. The molecule has 0 saturated carbocycles. The van der Waals surface area contributed by atoms with E-state index in [1.807, 2.05) is 17.3 Å². The summed E-state index contributed by atoms with van der Waals surface area (Å²) in [5.41, 5.74) is 1.83. The van der Waals surface area contributed by atoms with Crippen LogP contribution in [0.5, 0.6) is 11.5 Å². The second-order valence-electron chi connectivity index (χ2n) is 10.7. The van der Waals surface area contributed by atoms with Crippen molar-refractivity contribution in [2.75, 3.05) is 36.0 Å². The quantitative estimate of drug-likeness (QED) is 0.289. The number of carbonyl (C=O) groups excluding carboxylic acids is 1. The molecular formula is C25H24B6F2N5O4P. The van der Waals surface area contributed by atoms with Crippen LogP contribution in [0.15, 0.2) is 18.3 Å². The van der Waals surface area contributed by atoms with Gasteiger partial charge in [0.1, 0.15) is 58.4 Å². The van der Waals surface area contributed by atoms with Gasteiger partial charge in [-0.25, -0.2) is 18.6 Å². The summed E-state index contributed by atoms with van der Waals surface area (Å²) in [5.74, 6) is -4.12. The van der Waals surface area contributed by atoms with Crippen LogP contribution in [-0.2, 0) is 17.8 Å². The molecule has 5 rings (SSSR count). The van der Waals surface area contributed by atoms with Crippen molar-refractivity contribution < 1.29 is 27.8 Å². The Morgan fingerprint density at radius 1 is 1.07 bits per heavy atom. The van der Waals surface area contributed by atoms with Gasteiger partial charge in [0.15, 0.2) is 23.1 Å². The first-order chi connectivity index (χ1) is 20.1. The standard InChI is InChI=1S/C25H24B6F2N5O4P/c1-3-36-20-13(8-34-22-15(20)6-14(38(22)43)11-35-4-5-40-12(2)9-35)10-37(23(36)39)21-18(32)16(41-24(26,27)28)7-17(19(21)33)42-25(29,30)31/h6-8,12H,3-5,9-11,43H2,1-2H3. The molecule has 4 heterocycles. The average Bonchev–Trinajstić information content (AvgIpc) is 3.21. The zero-order valence-electron chi connectivity index (χ0n) is 23.7. The highest BCUT2D eigenvalue weighted by Gasteiger charge is 2.38. The molecule has 0 bridgehead atoms. The highest BCUT2D eigenvalue weighted by molar-refractivity contribution is 7.15. The molecule has 2 aromatic heterocycles. The molecular weight excluding hydrogens is 568 g/mol. The number of benzene rings is 1. The largest absolute Gasteiger partial charge is 0.513 e. The number of nitrogens with zero attached hydrogens (tertiary/aromatic N) is 5. The van der Waals surface area contributed by atoms with E-state index in [0.717, 1.165) is 29.7 Å². The van der Waals surface area contributed by atoms with E-state index in [0.29, 0.717) is 35.4 Å². The van der Waals surface area contributed by atoms with E-state index in [1.54, 1.807) is 13.1 Å². The number of morpholine rings is 1. The van der Waals surface area contributed by atoms with Crippen LogP contribution < -0.4 is 19.3 Å². The normalized spacial score (nSPS) is 18.3. The Bertz CT molecular complexity index is 1530. The summed E-state index contributed by atoms with van der Waals surface area (Å²) in [4.78, 5) is 23.1. The molecule has 43 heavy (non-hydrogen) atoms. The third kappa shape index (κ3) is 6.45. The summed E-state index contributed by atoms with van der Waals surface area (Å²) in [6, 6.07) is 1.97. The molecule has 9 nitrogen and oxygen atoms in total. The summed E-state index contributed by atoms with van der Waals surface area (Å²) in [6.45, 7) is 6.49. The van der Waals surface area contributed by atoms with Gasteiger partial charge in [0.05, 0.1) is 24.9 Å². The fourth-order valence-corrected chi connectivity index (χ4v) is 5.72. The van der Waals surface area contributed by atoms with Gasteiger partial charge in [0.2, 0.25) is 0 Å². The van der Waals surface area contributed by atoms with Crippen molar-refractivity contribution in [2.45, 2.75) is 43.6 Å². The van der Waals surface area contributed by atoms with E-state index in [1.165, 1.54) is 4.90 Å². The highest BCUT2D eigenvalue weighted by atomic mass is 31.0. The number of hydrogen-bond acceptors (Lipinski definition) is 6. The number of anilines is 2. The van der Waals surface area contributed by atoms with Gasteiger partial charge in [-0.3, -0.25) is 14.7 Å². The lowest BCUT2D eigenvalue weighted by atomic mass is 9.52. The fourth-order valence-electron chi connectivity index (χ4n) is 5.35. The lowest BCUT2D eigenvalue weighted by Crippen LogP contribution is -2.48. The summed E-state index contributed by atoms with van der Waals surface area (Å²) >= 11 is 0. The number of urea groups is 1. The van der Waals surface area contributed by atoms with Crippen molar-refractivity contribution in [3.8, 4) is 11.5 Å². The van der Waals surface area contributed by atoms with Crippen LogP contribution in [0.1, 0.15) is 25.1 Å². The lowest BCUT2D eigenvalue weighted by molar-refractivity contribution is -0.0216. The van der Waals surface area contributed by atoms with Gasteiger partial charge in [-0.15, -0.1) is 0 Å². The van der Waals surface area contributed by atoms with Crippen LogP contribution in [0, 0.1) is 11.6 Å². The number of fused-ring (bicyclic) bond motifs is 3. The second-order valence-corrected chi connectivity index (χ2v) is 11.2. The van der Waals surface area contributed by atoms with Crippen LogP contribution in [0.2, 0.25) is 0 Å². The number of ether oxygens (including phenoxy) is 3. The number of aromatic nitrogens is 2. The third-order valence-corrected chi connectivity index (χ3v) is 7.61. The van der Waals surface area contributed by atoms with Crippen LogP contribution in [0.4, 0.5) is 25.0 Å². The van der Waals surface area contributed by atoms with Crippen molar-refractivity contribution in [1.82, 2.24) is 14.2 Å². The van der Waals surface area contributed by atoms with Crippen LogP contribution >= 0.6 is 9.39 Å². The molecule has 18 heteroatoms. The number of carbonyl (C=O) groups is 1. The predicted molar refractivity (Wildman–Crippen MR) is 168 cm³/mol. The molecule has 2 unspecified atom stereocenters. The fraction of sp³-hybridized carbons (Fsp3) is 0.440. The van der Waals surface area contributed by atoms with Gasteiger partial charge in [-0.2, -0.15) is 0 Å². The van der Waals surface area contributed by atoms with Crippen LogP contribution in [-0.4, -0.2) is 110 Å². The maximum atomic E-state index is 15.9. The number of halogens is 2. The van der Waals surface area contributed by atoms with Gasteiger partial charge in [0.25, 0.3) is 0 Å². The Hall–Kier alpha value is -2.62. The van der Waals surface area contributed by atoms with E-state index >= 15 is 8.78 Å². The molecule has 1 saturated heterocycles. The van der Waals surface area contributed by atoms with E-state index in [4.69, 9.17) is 61.3 Å². The van der Waals surface area contributed by atoms with Gasteiger partial charge >= 0.3 is 6.03 Å². The van der Waals surface area contributed by atoms with Crippen LogP contribution in [0.3, 0.4) is 0 Å². The average molecular weight is 592 g/mol. The lowest BCUT2D eigenvalue weighted by Gasteiger charge is -2.37. The SMILES string of the molecule is [B]C([B])([B])Oc1cc(OC([B])([B])[B])c(F)c(N2Cc3cnc4c(cc(CN5CCOC(C)C5)n4P)c3N(CC)C2=O)c1F. The Kier molecular flexibility index (Phi) is 8.66. The number of hydrogen-bond donors (Lipinski definition) is 0. The Balaban J connectivity index is 1.60. The summed E-state index contributed by atoms with van der Waals surface area (Å²) in [7, 11) is 35.6.